The first kappa shape index (κ1) is 13.9. The molecule has 76 valence electrons. The van der Waals surface area contributed by atoms with E-state index in [0.29, 0.717) is 0 Å². The van der Waals surface area contributed by atoms with Gasteiger partial charge in [0.15, 0.2) is 15.2 Å². The van der Waals surface area contributed by atoms with Gasteiger partial charge in [0.2, 0.25) is 15.1 Å². The second-order valence-corrected chi connectivity index (χ2v) is 33.5. The smallest absolute Gasteiger partial charge is 0.254 e. The summed E-state index contributed by atoms with van der Waals surface area (Å²) in [4.78, 5) is 0. The van der Waals surface area contributed by atoms with Crippen molar-refractivity contribution >= 4 is 47.4 Å². The predicted octanol–water partition coefficient (Wildman–Crippen LogP) is -2.83. The van der Waals surface area contributed by atoms with Crippen molar-refractivity contribution in [2.75, 3.05) is 0 Å². The van der Waals surface area contributed by atoms with Crippen LogP contribution in [0.2, 0.25) is 0 Å². The Labute approximate surface area is 89.0 Å². The topological polar surface area (TPSA) is 197 Å². The molecule has 1 unspecified atom stereocenters. The van der Waals surface area contributed by atoms with Crippen LogP contribution in [0.3, 0.4) is 0 Å². The molecule has 0 aliphatic carbocycles. The molecule has 0 heterocycles. The fourth-order valence-electron chi connectivity index (χ4n) is 0.626. The van der Waals surface area contributed by atoms with Crippen LogP contribution in [0.4, 0.5) is 0 Å². The molecule has 8 nitrogen and oxygen atoms in total. The maximum Gasteiger partial charge on any atom is 0.254 e. The van der Waals surface area contributed by atoms with Gasteiger partial charge in [0, 0.05) is 0 Å². The maximum absolute atomic E-state index is 7.84. The second-order valence-electron chi connectivity index (χ2n) is 2.59. The second kappa shape index (κ2) is 5.09. The molecule has 1 atom stereocenters. The Morgan fingerprint density at radius 3 is 1.71 bits per heavy atom. The molecule has 11 N–H and O–H groups in total. The van der Waals surface area contributed by atoms with Crippen molar-refractivity contribution in [1.29, 1.82) is 25.3 Å². The highest BCUT2D eigenvalue weighted by molar-refractivity contribution is 7.81. The zero-order valence-corrected chi connectivity index (χ0v) is 13.5. The first-order valence-electron chi connectivity index (χ1n) is 3.44. The Hall–Kier alpha value is -0.139. The van der Waals surface area contributed by atoms with Crippen LogP contribution in [0.5, 0.6) is 0 Å². The van der Waals surface area contributed by atoms with Crippen LogP contribution < -0.4 is 16.2 Å². The molecular weight excluding hydrogens is 281 g/mol. The molecule has 14 heteroatoms. The van der Waals surface area contributed by atoms with Gasteiger partial charge in [0.05, 0.1) is 0 Å². The zero-order chi connectivity index (χ0) is 11.5. The molecule has 0 fully saturated rings. The third kappa shape index (κ3) is 2.68. The van der Waals surface area contributed by atoms with Crippen LogP contribution in [0.25, 0.3) is 0 Å². The molecular formula is H12N8Si6. The lowest BCUT2D eigenvalue weighted by Crippen LogP contribution is -2.72. The van der Waals surface area contributed by atoms with Crippen LogP contribution >= 0.6 is 0 Å². The summed E-state index contributed by atoms with van der Waals surface area (Å²) in [6, 6.07) is 0. The normalized spacial score (nSPS) is 13.8. The largest absolute Gasteiger partial charge is 0.421 e. The number of nitrogens with one attached hydrogen (secondary N) is 5. The first-order valence-corrected chi connectivity index (χ1v) is 18.1. The number of hydrogen-bond donors (Lipinski definition) is 8. The van der Waals surface area contributed by atoms with Crippen molar-refractivity contribution < 1.29 is 0 Å². The molecule has 0 bridgehead atoms. The van der Waals surface area contributed by atoms with Crippen LogP contribution in [0, 0.1) is 25.3 Å². The van der Waals surface area contributed by atoms with Gasteiger partial charge in [0.1, 0.15) is 8.83 Å². The standard InChI is InChI=1S/H12N8Si6/c1-9-14(8,11(4)5)13(7)12(6)10(2)3/h1-2,4,6-7,9H,3,5,8H2. The predicted molar refractivity (Wildman–Crippen MR) is 62.1 cm³/mol. The summed E-state index contributed by atoms with van der Waals surface area (Å²) in [5.41, 5.74) is 0. The summed E-state index contributed by atoms with van der Waals surface area (Å²) in [5.74, 6) is 0. The van der Waals surface area contributed by atoms with Crippen LogP contribution in [0.1, 0.15) is 0 Å². The maximum atomic E-state index is 7.84. The van der Waals surface area contributed by atoms with Crippen molar-refractivity contribution in [2.45, 2.75) is 0 Å². The Kier molecular flexibility index (Phi) is 5.04. The molecule has 0 aliphatic heterocycles. The van der Waals surface area contributed by atoms with Gasteiger partial charge in [-0.2, -0.15) is 0 Å². The molecule has 0 aliphatic rings. The van der Waals surface area contributed by atoms with Crippen LogP contribution in [-0.4, -0.2) is 47.4 Å². The highest BCUT2D eigenvalue weighted by Crippen LogP contribution is 1.89. The molecule has 0 saturated heterocycles. The van der Waals surface area contributed by atoms with Crippen molar-refractivity contribution in [3.05, 3.63) is 0 Å². The molecule has 0 amide bonds. The van der Waals surface area contributed by atoms with Gasteiger partial charge >= 0.3 is 0 Å². The van der Waals surface area contributed by atoms with E-state index in [1.807, 2.05) is 0 Å². The van der Waals surface area contributed by atoms with Gasteiger partial charge in [-0.1, -0.05) is 0 Å². The Morgan fingerprint density at radius 2 is 1.50 bits per heavy atom. The summed E-state index contributed by atoms with van der Waals surface area (Å²) in [7, 11) is -8.92. The Bertz CT molecular complexity index is 329. The average Bonchev–Trinajstić information content (AvgIpc) is 2.13. The minimum Gasteiger partial charge on any atom is -0.421 e. The van der Waals surface area contributed by atoms with Crippen LogP contribution in [0.15, 0.2) is 0 Å². The van der Waals surface area contributed by atoms with E-state index in [2.05, 4.69) is 0 Å². The van der Waals surface area contributed by atoms with Crippen molar-refractivity contribution in [3.8, 4) is 0 Å². The van der Waals surface area contributed by atoms with E-state index < -0.39 is 47.4 Å². The summed E-state index contributed by atoms with van der Waals surface area (Å²) < 4.78 is 0. The van der Waals surface area contributed by atoms with Gasteiger partial charge < -0.3 is 41.5 Å². The number of hydrogen-bond acceptors (Lipinski definition) is 6. The zero-order valence-electron chi connectivity index (χ0n) is 7.31. The molecule has 0 spiro atoms. The molecule has 0 saturated carbocycles. The van der Waals surface area contributed by atoms with Gasteiger partial charge in [-0.3, -0.25) is 0 Å². The van der Waals surface area contributed by atoms with Crippen molar-refractivity contribution in [1.82, 2.24) is 0 Å². The third-order valence-electron chi connectivity index (χ3n) is 1.61. The lowest BCUT2D eigenvalue weighted by Gasteiger charge is -2.17. The van der Waals surface area contributed by atoms with Crippen molar-refractivity contribution in [3.63, 3.8) is 0 Å². The van der Waals surface area contributed by atoms with E-state index in [4.69, 9.17) is 41.5 Å². The van der Waals surface area contributed by atoms with E-state index in [1.54, 1.807) is 0 Å². The van der Waals surface area contributed by atoms with Crippen molar-refractivity contribution in [2.24, 2.45) is 16.2 Å². The molecule has 0 aromatic carbocycles. The van der Waals surface area contributed by atoms with Gasteiger partial charge in [-0.05, 0) is 0 Å². The molecule has 0 aromatic heterocycles. The number of nitrogens with two attached hydrogens (primary N) is 3. The Balaban J connectivity index is 5.18. The molecule has 0 aromatic rings. The van der Waals surface area contributed by atoms with E-state index in [9.17, 15) is 0 Å². The molecule has 0 rings (SSSR count). The van der Waals surface area contributed by atoms with Gasteiger partial charge in [0.25, 0.3) is 8.27 Å². The fourth-order valence-corrected chi connectivity index (χ4v) is 46.3. The summed E-state index contributed by atoms with van der Waals surface area (Å²) in [6.45, 7) is -2.78. The van der Waals surface area contributed by atoms with E-state index in [0.717, 1.165) is 0 Å². The minimum absolute atomic E-state index is 0.905. The lowest BCUT2D eigenvalue weighted by atomic mass is 13.9. The van der Waals surface area contributed by atoms with Crippen LogP contribution in [-0.2, 0) is 0 Å². The van der Waals surface area contributed by atoms with E-state index in [-0.39, 0.29) is 0 Å². The highest BCUT2D eigenvalue weighted by Gasteiger charge is 2.41. The highest BCUT2D eigenvalue weighted by atomic mass is 30.0. The Morgan fingerprint density at radius 1 is 1.07 bits per heavy atom. The van der Waals surface area contributed by atoms with E-state index >= 15 is 0 Å². The van der Waals surface area contributed by atoms with E-state index in [1.165, 1.54) is 0 Å². The first-order chi connectivity index (χ1) is 6.27. The molecule has 0 radical (unpaired) electrons. The lowest BCUT2D eigenvalue weighted by molar-refractivity contribution is 1.52. The average molecular weight is 293 g/mol. The monoisotopic (exact) mass is 292 g/mol. The molecule has 14 heavy (non-hydrogen) atoms. The minimum atomic E-state index is -2.78. The number of rotatable bonds is 5. The summed E-state index contributed by atoms with van der Waals surface area (Å²) >= 11 is 0. The fraction of sp³-hybridized carbons (Fsp3) is 0. The third-order valence-corrected chi connectivity index (χ3v) is 44.9. The SMILES string of the molecule is N=[SiH][Si](N)([Si](=N)N)[Si](=N)[Si](=N)[Si](=N)N. The summed E-state index contributed by atoms with van der Waals surface area (Å²) in [5, 5.41) is 54.3. The summed E-state index contributed by atoms with van der Waals surface area (Å²) in [6.07, 6.45) is 0. The quantitative estimate of drug-likeness (QED) is 0.253. The van der Waals surface area contributed by atoms with Gasteiger partial charge in [-0.25, -0.2) is 0 Å². The van der Waals surface area contributed by atoms with Gasteiger partial charge in [-0.15, -0.1) is 0 Å².